The second-order valence-corrected chi connectivity index (χ2v) is 8.00. The van der Waals surface area contributed by atoms with Gasteiger partial charge in [0.2, 0.25) is 5.91 Å². The molecule has 2 atom stereocenters. The van der Waals surface area contributed by atoms with E-state index in [4.69, 9.17) is 0 Å². The van der Waals surface area contributed by atoms with Crippen LogP contribution in [0.5, 0.6) is 0 Å². The minimum Gasteiger partial charge on any atom is -0.337 e. The number of hydrogen-bond acceptors (Lipinski definition) is 3. The van der Waals surface area contributed by atoms with Crippen LogP contribution in [-0.2, 0) is 4.79 Å². The van der Waals surface area contributed by atoms with Gasteiger partial charge in [0, 0.05) is 30.8 Å². The monoisotopic (exact) mass is 404 g/mol. The van der Waals surface area contributed by atoms with E-state index in [2.05, 4.69) is 0 Å². The standard InChI is InChI=1S/C21H22F2N2O2S/c1-3-24(20(27)15-8-10-16(22)11-9-15)12-13-25-19(26)14(2)28-21(25)17-6-4-5-7-18(17)23/h4-11,14,21H,3,12-13H2,1-2H3. The Bertz CT molecular complexity index is 860. The normalized spacial score (nSPS) is 19.1. The summed E-state index contributed by atoms with van der Waals surface area (Å²) < 4.78 is 27.4. The maximum Gasteiger partial charge on any atom is 0.253 e. The molecule has 1 aliphatic heterocycles. The first kappa shape index (κ1) is 20.3. The van der Waals surface area contributed by atoms with Crippen LogP contribution in [-0.4, -0.2) is 46.5 Å². The molecule has 28 heavy (non-hydrogen) atoms. The van der Waals surface area contributed by atoms with Crippen LogP contribution in [0.3, 0.4) is 0 Å². The van der Waals surface area contributed by atoms with Gasteiger partial charge in [0.1, 0.15) is 17.0 Å². The fourth-order valence-electron chi connectivity index (χ4n) is 3.22. The van der Waals surface area contributed by atoms with E-state index in [1.165, 1.54) is 42.1 Å². The molecule has 2 unspecified atom stereocenters. The maximum atomic E-state index is 14.3. The van der Waals surface area contributed by atoms with E-state index < -0.39 is 11.2 Å². The third-order valence-corrected chi connectivity index (χ3v) is 6.17. The highest BCUT2D eigenvalue weighted by Gasteiger charge is 2.39. The van der Waals surface area contributed by atoms with E-state index in [0.29, 0.717) is 30.8 Å². The smallest absolute Gasteiger partial charge is 0.253 e. The molecule has 0 N–H and O–H groups in total. The molecule has 0 aromatic heterocycles. The average Bonchev–Trinajstić information content (AvgIpc) is 2.97. The molecular formula is C21H22F2N2O2S. The topological polar surface area (TPSA) is 40.6 Å². The van der Waals surface area contributed by atoms with Crippen molar-refractivity contribution in [1.29, 1.82) is 0 Å². The molecule has 0 radical (unpaired) electrons. The fraction of sp³-hybridized carbons (Fsp3) is 0.333. The number of halogens is 2. The molecule has 4 nitrogen and oxygen atoms in total. The van der Waals surface area contributed by atoms with E-state index in [0.717, 1.165) is 0 Å². The predicted molar refractivity (Wildman–Crippen MR) is 106 cm³/mol. The molecule has 1 heterocycles. The molecule has 148 valence electrons. The van der Waals surface area contributed by atoms with Gasteiger partial charge in [-0.15, -0.1) is 11.8 Å². The van der Waals surface area contributed by atoms with Crippen molar-refractivity contribution < 1.29 is 18.4 Å². The summed E-state index contributed by atoms with van der Waals surface area (Å²) in [6.45, 7) is 4.72. The van der Waals surface area contributed by atoms with Crippen LogP contribution in [0.1, 0.15) is 35.1 Å². The summed E-state index contributed by atoms with van der Waals surface area (Å²) in [5.41, 5.74) is 0.863. The van der Waals surface area contributed by atoms with Crippen LogP contribution < -0.4 is 0 Å². The Morgan fingerprint density at radius 3 is 2.46 bits per heavy atom. The van der Waals surface area contributed by atoms with Crippen LogP contribution in [0, 0.1) is 11.6 Å². The van der Waals surface area contributed by atoms with E-state index in [1.54, 1.807) is 28.0 Å². The molecule has 0 spiro atoms. The summed E-state index contributed by atoms with van der Waals surface area (Å²) >= 11 is 1.41. The quantitative estimate of drug-likeness (QED) is 0.728. The molecule has 1 fully saturated rings. The first-order valence-electron chi connectivity index (χ1n) is 9.17. The molecule has 2 aromatic carbocycles. The number of hydrogen-bond donors (Lipinski definition) is 0. The van der Waals surface area contributed by atoms with Gasteiger partial charge in [-0.1, -0.05) is 18.2 Å². The molecule has 0 bridgehead atoms. The van der Waals surface area contributed by atoms with E-state index >= 15 is 0 Å². The first-order chi connectivity index (χ1) is 13.4. The van der Waals surface area contributed by atoms with E-state index in [9.17, 15) is 18.4 Å². The molecule has 7 heteroatoms. The Balaban J connectivity index is 1.74. The summed E-state index contributed by atoms with van der Waals surface area (Å²) in [4.78, 5) is 28.5. The van der Waals surface area contributed by atoms with Crippen molar-refractivity contribution in [3.8, 4) is 0 Å². The van der Waals surface area contributed by atoms with Crippen LogP contribution >= 0.6 is 11.8 Å². The van der Waals surface area contributed by atoms with Gasteiger partial charge in [0.25, 0.3) is 5.91 Å². The zero-order valence-corrected chi connectivity index (χ0v) is 16.6. The lowest BCUT2D eigenvalue weighted by atomic mass is 10.1. The minimum absolute atomic E-state index is 0.0662. The van der Waals surface area contributed by atoms with Gasteiger partial charge in [0.05, 0.1) is 5.25 Å². The molecule has 0 saturated carbocycles. The van der Waals surface area contributed by atoms with Gasteiger partial charge in [-0.2, -0.15) is 0 Å². The second kappa shape index (κ2) is 8.73. The lowest BCUT2D eigenvalue weighted by molar-refractivity contribution is -0.130. The molecule has 1 saturated heterocycles. The average molecular weight is 404 g/mol. The highest BCUT2D eigenvalue weighted by atomic mass is 32.2. The number of amides is 2. The van der Waals surface area contributed by atoms with Gasteiger partial charge < -0.3 is 9.80 Å². The number of carbonyl (C=O) groups excluding carboxylic acids is 2. The molecule has 1 aliphatic rings. The molecule has 2 aromatic rings. The van der Waals surface area contributed by atoms with Gasteiger partial charge in [-0.05, 0) is 44.2 Å². The van der Waals surface area contributed by atoms with Gasteiger partial charge >= 0.3 is 0 Å². The van der Waals surface area contributed by atoms with Crippen molar-refractivity contribution in [3.63, 3.8) is 0 Å². The van der Waals surface area contributed by atoms with Gasteiger partial charge in [-0.3, -0.25) is 9.59 Å². The van der Waals surface area contributed by atoms with E-state index in [-0.39, 0.29) is 22.9 Å². The lowest BCUT2D eigenvalue weighted by Gasteiger charge is -2.28. The molecule has 2 amide bonds. The Hall–Kier alpha value is -2.41. The number of likely N-dealkylation sites (N-methyl/N-ethyl adjacent to an activating group) is 1. The third-order valence-electron chi connectivity index (χ3n) is 4.79. The third kappa shape index (κ3) is 4.19. The Kier molecular flexibility index (Phi) is 6.34. The zero-order chi connectivity index (χ0) is 20.3. The number of thioether (sulfide) groups is 1. The molecule has 3 rings (SSSR count). The van der Waals surface area contributed by atoms with Crippen molar-refractivity contribution in [1.82, 2.24) is 9.80 Å². The van der Waals surface area contributed by atoms with Crippen molar-refractivity contribution in [2.45, 2.75) is 24.5 Å². The number of carbonyl (C=O) groups is 2. The van der Waals surface area contributed by atoms with Crippen molar-refractivity contribution in [2.75, 3.05) is 19.6 Å². The van der Waals surface area contributed by atoms with Crippen LogP contribution in [0.15, 0.2) is 48.5 Å². The number of benzene rings is 2. The summed E-state index contributed by atoms with van der Waals surface area (Å²) in [7, 11) is 0. The Labute approximate surface area is 167 Å². The van der Waals surface area contributed by atoms with E-state index in [1.807, 2.05) is 13.8 Å². The van der Waals surface area contributed by atoms with Crippen LogP contribution in [0.4, 0.5) is 8.78 Å². The van der Waals surface area contributed by atoms with Crippen molar-refractivity contribution in [3.05, 3.63) is 71.3 Å². The molecular weight excluding hydrogens is 382 g/mol. The fourth-order valence-corrected chi connectivity index (χ4v) is 4.56. The summed E-state index contributed by atoms with van der Waals surface area (Å²) in [6.07, 6.45) is 0. The summed E-state index contributed by atoms with van der Waals surface area (Å²) in [6, 6.07) is 11.8. The Morgan fingerprint density at radius 1 is 1.14 bits per heavy atom. The summed E-state index contributed by atoms with van der Waals surface area (Å²) in [5, 5.41) is -0.684. The first-order valence-corrected chi connectivity index (χ1v) is 10.1. The van der Waals surface area contributed by atoms with Gasteiger partial charge in [-0.25, -0.2) is 8.78 Å². The van der Waals surface area contributed by atoms with Crippen molar-refractivity contribution in [2.24, 2.45) is 0 Å². The van der Waals surface area contributed by atoms with Crippen molar-refractivity contribution >= 4 is 23.6 Å². The zero-order valence-electron chi connectivity index (χ0n) is 15.8. The summed E-state index contributed by atoms with van der Waals surface area (Å²) in [5.74, 6) is -1.04. The van der Waals surface area contributed by atoms with Crippen LogP contribution in [0.2, 0.25) is 0 Å². The Morgan fingerprint density at radius 2 is 1.82 bits per heavy atom. The lowest BCUT2D eigenvalue weighted by Crippen LogP contribution is -2.40. The molecule has 0 aliphatic carbocycles. The maximum absolute atomic E-state index is 14.3. The number of nitrogens with zero attached hydrogens (tertiary/aromatic N) is 2. The predicted octanol–water partition coefficient (Wildman–Crippen LogP) is 4.09. The highest BCUT2D eigenvalue weighted by Crippen LogP contribution is 2.43. The second-order valence-electron chi connectivity index (χ2n) is 6.58. The van der Waals surface area contributed by atoms with Gasteiger partial charge in [0.15, 0.2) is 0 Å². The number of rotatable bonds is 6. The largest absolute Gasteiger partial charge is 0.337 e. The minimum atomic E-state index is -0.414. The highest BCUT2D eigenvalue weighted by molar-refractivity contribution is 8.01. The SMILES string of the molecule is CCN(CCN1C(=O)C(C)SC1c1ccccc1F)C(=O)c1ccc(F)cc1. The van der Waals surface area contributed by atoms with Crippen LogP contribution in [0.25, 0.3) is 0 Å².